The fourth-order valence-electron chi connectivity index (χ4n) is 2.01. The first-order valence-corrected chi connectivity index (χ1v) is 8.39. The molecule has 0 fully saturated rings. The molecule has 2 aromatic rings. The van der Waals surface area contributed by atoms with Crippen molar-refractivity contribution >= 4 is 63.7 Å². The highest BCUT2D eigenvalue weighted by Gasteiger charge is 2.19. The van der Waals surface area contributed by atoms with Gasteiger partial charge < -0.3 is 14.8 Å². The van der Waals surface area contributed by atoms with E-state index in [9.17, 15) is 4.79 Å². The van der Waals surface area contributed by atoms with Gasteiger partial charge in [0.15, 0.2) is 5.11 Å². The molecule has 0 spiro atoms. The van der Waals surface area contributed by atoms with Crippen LogP contribution in [-0.4, -0.2) is 25.2 Å². The summed E-state index contributed by atoms with van der Waals surface area (Å²) in [4.78, 5) is 12.5. The molecule has 0 aliphatic carbocycles. The molecule has 0 aromatic heterocycles. The van der Waals surface area contributed by atoms with Gasteiger partial charge in [-0.25, -0.2) is 0 Å². The molecule has 0 saturated heterocycles. The lowest BCUT2D eigenvalue weighted by atomic mass is 10.1. The summed E-state index contributed by atoms with van der Waals surface area (Å²) in [6.45, 7) is 0. The molecule has 0 unspecified atom stereocenters. The average molecular weight is 420 g/mol. The molecular weight excluding hydrogens is 407 g/mol. The van der Waals surface area contributed by atoms with Gasteiger partial charge in [-0.2, -0.15) is 0 Å². The van der Waals surface area contributed by atoms with Crippen molar-refractivity contribution in [1.82, 2.24) is 5.32 Å². The fraction of sp³-hybridized carbons (Fsp3) is 0.125. The molecule has 0 atom stereocenters. The Morgan fingerprint density at radius 2 is 1.56 bits per heavy atom. The van der Waals surface area contributed by atoms with E-state index in [2.05, 4.69) is 10.6 Å². The van der Waals surface area contributed by atoms with Crippen molar-refractivity contribution in [2.75, 3.05) is 19.5 Å². The normalized spacial score (nSPS) is 10.1. The number of benzene rings is 2. The zero-order valence-corrected chi connectivity index (χ0v) is 16.2. The third kappa shape index (κ3) is 4.67. The second kappa shape index (κ2) is 8.58. The Balaban J connectivity index is 2.19. The maximum Gasteiger partial charge on any atom is 0.264 e. The first-order valence-electron chi connectivity index (χ1n) is 6.85. The number of methoxy groups -OCH3 is 2. The van der Waals surface area contributed by atoms with Crippen molar-refractivity contribution in [3.63, 3.8) is 0 Å². The van der Waals surface area contributed by atoms with Gasteiger partial charge in [-0.15, -0.1) is 0 Å². The number of carbonyl (C=O) groups is 1. The molecular formula is C16H13Cl3N2O3S. The summed E-state index contributed by atoms with van der Waals surface area (Å²) in [7, 11) is 2.91. The quantitative estimate of drug-likeness (QED) is 0.551. The van der Waals surface area contributed by atoms with Crippen LogP contribution in [0, 0.1) is 0 Å². The van der Waals surface area contributed by atoms with Gasteiger partial charge in [0.2, 0.25) is 0 Å². The molecule has 0 radical (unpaired) electrons. The van der Waals surface area contributed by atoms with Crippen molar-refractivity contribution in [1.29, 1.82) is 0 Å². The number of hydrogen-bond donors (Lipinski definition) is 2. The zero-order valence-electron chi connectivity index (χ0n) is 13.2. The Morgan fingerprint density at radius 3 is 2.12 bits per heavy atom. The number of nitrogens with one attached hydrogen (secondary N) is 2. The number of anilines is 1. The van der Waals surface area contributed by atoms with E-state index in [0.29, 0.717) is 32.3 Å². The molecule has 2 rings (SSSR count). The van der Waals surface area contributed by atoms with Gasteiger partial charge in [0.1, 0.15) is 17.1 Å². The van der Waals surface area contributed by atoms with Crippen LogP contribution in [0.2, 0.25) is 15.1 Å². The number of rotatable bonds is 4. The summed E-state index contributed by atoms with van der Waals surface area (Å²) in [6, 6.07) is 7.98. The minimum absolute atomic E-state index is 0.0262. The van der Waals surface area contributed by atoms with Crippen LogP contribution in [-0.2, 0) is 0 Å². The highest BCUT2D eigenvalue weighted by Crippen LogP contribution is 2.32. The lowest BCUT2D eigenvalue weighted by Gasteiger charge is -2.15. The third-order valence-corrected chi connectivity index (χ3v) is 4.38. The molecule has 0 aliphatic rings. The van der Waals surface area contributed by atoms with Crippen molar-refractivity contribution in [3.05, 3.63) is 51.0 Å². The van der Waals surface area contributed by atoms with Crippen LogP contribution in [0.15, 0.2) is 30.3 Å². The molecule has 2 aromatic carbocycles. The molecule has 132 valence electrons. The first kappa shape index (κ1) is 19.6. The van der Waals surface area contributed by atoms with Gasteiger partial charge >= 0.3 is 0 Å². The summed E-state index contributed by atoms with van der Waals surface area (Å²) in [5.41, 5.74) is 0.630. The lowest BCUT2D eigenvalue weighted by Crippen LogP contribution is -2.34. The SMILES string of the molecule is COc1cccc(OC)c1C(=O)NC(=S)Nc1cc(Cl)c(Cl)cc1Cl. The van der Waals surface area contributed by atoms with Crippen LogP contribution < -0.4 is 20.1 Å². The maximum atomic E-state index is 12.5. The van der Waals surface area contributed by atoms with Crippen molar-refractivity contribution in [3.8, 4) is 11.5 Å². The van der Waals surface area contributed by atoms with Crippen molar-refractivity contribution < 1.29 is 14.3 Å². The number of carbonyl (C=O) groups excluding carboxylic acids is 1. The highest BCUT2D eigenvalue weighted by molar-refractivity contribution is 7.80. The maximum absolute atomic E-state index is 12.5. The second-order valence-corrected chi connectivity index (χ2v) is 6.32. The van der Waals surface area contributed by atoms with Gasteiger partial charge in [0, 0.05) is 0 Å². The van der Waals surface area contributed by atoms with Crippen LogP contribution in [0.25, 0.3) is 0 Å². The fourth-order valence-corrected chi connectivity index (χ4v) is 2.81. The minimum atomic E-state index is -0.497. The van der Waals surface area contributed by atoms with E-state index >= 15 is 0 Å². The largest absolute Gasteiger partial charge is 0.496 e. The Labute approximate surface area is 165 Å². The summed E-state index contributed by atoms with van der Waals surface area (Å²) in [5, 5.41) is 6.28. The minimum Gasteiger partial charge on any atom is -0.496 e. The molecule has 0 heterocycles. The van der Waals surface area contributed by atoms with E-state index in [1.54, 1.807) is 18.2 Å². The van der Waals surface area contributed by atoms with Crippen LogP contribution in [0.5, 0.6) is 11.5 Å². The second-order valence-electron chi connectivity index (χ2n) is 4.69. The van der Waals surface area contributed by atoms with Gasteiger partial charge in [-0.3, -0.25) is 10.1 Å². The van der Waals surface area contributed by atoms with Crippen LogP contribution in [0.1, 0.15) is 10.4 Å². The monoisotopic (exact) mass is 418 g/mol. The van der Waals surface area contributed by atoms with Gasteiger partial charge in [-0.05, 0) is 36.5 Å². The molecule has 9 heteroatoms. The van der Waals surface area contributed by atoms with E-state index in [1.807, 2.05) is 0 Å². The Hall–Kier alpha value is -1.73. The lowest BCUT2D eigenvalue weighted by molar-refractivity contribution is 0.0971. The highest BCUT2D eigenvalue weighted by atomic mass is 35.5. The third-order valence-electron chi connectivity index (χ3n) is 3.14. The predicted octanol–water partition coefficient (Wildman–Crippen LogP) is 4.79. The van der Waals surface area contributed by atoms with E-state index in [1.165, 1.54) is 26.4 Å². The molecule has 2 N–H and O–H groups in total. The predicted molar refractivity (Wildman–Crippen MR) is 105 cm³/mol. The number of thiocarbonyl (C=S) groups is 1. The zero-order chi connectivity index (χ0) is 18.6. The van der Waals surface area contributed by atoms with Crippen LogP contribution >= 0.6 is 47.0 Å². The molecule has 0 saturated carbocycles. The van der Waals surface area contributed by atoms with E-state index in [0.717, 1.165) is 0 Å². The standard InChI is InChI=1S/C16H13Cl3N2O3S/c1-23-12-4-3-5-13(24-2)14(12)15(22)21-16(25)20-11-7-9(18)8(17)6-10(11)19/h3-7H,1-2H3,(H2,20,21,22,25). The van der Waals surface area contributed by atoms with Gasteiger partial charge in [0.05, 0.1) is 35.0 Å². The Morgan fingerprint density at radius 1 is 1.00 bits per heavy atom. The molecule has 5 nitrogen and oxygen atoms in total. The van der Waals surface area contributed by atoms with Gasteiger partial charge in [-0.1, -0.05) is 40.9 Å². The smallest absolute Gasteiger partial charge is 0.264 e. The number of halogens is 3. The number of ether oxygens (including phenoxy) is 2. The van der Waals surface area contributed by atoms with Gasteiger partial charge in [0.25, 0.3) is 5.91 Å². The van der Waals surface area contributed by atoms with Crippen molar-refractivity contribution in [2.24, 2.45) is 0 Å². The number of hydrogen-bond acceptors (Lipinski definition) is 4. The number of amides is 1. The van der Waals surface area contributed by atoms with Crippen LogP contribution in [0.3, 0.4) is 0 Å². The molecule has 25 heavy (non-hydrogen) atoms. The summed E-state index contributed by atoms with van der Waals surface area (Å²) in [5.74, 6) is 0.211. The Kier molecular flexibility index (Phi) is 6.72. The van der Waals surface area contributed by atoms with E-state index < -0.39 is 5.91 Å². The topological polar surface area (TPSA) is 59.6 Å². The van der Waals surface area contributed by atoms with E-state index in [-0.39, 0.29) is 10.7 Å². The molecule has 0 aliphatic heterocycles. The molecule has 0 bridgehead atoms. The summed E-state index contributed by atoms with van der Waals surface area (Å²) in [6.07, 6.45) is 0. The summed E-state index contributed by atoms with van der Waals surface area (Å²) < 4.78 is 10.4. The first-order chi connectivity index (χ1) is 11.9. The van der Waals surface area contributed by atoms with E-state index in [4.69, 9.17) is 56.5 Å². The summed E-state index contributed by atoms with van der Waals surface area (Å²) >= 11 is 23.1. The Bertz CT molecular complexity index is 808. The molecule has 1 amide bonds. The van der Waals surface area contributed by atoms with Crippen molar-refractivity contribution in [2.45, 2.75) is 0 Å². The average Bonchev–Trinajstić information content (AvgIpc) is 2.58. The van der Waals surface area contributed by atoms with Crippen LogP contribution in [0.4, 0.5) is 5.69 Å².